The molecule has 4 heterocycles. The molecule has 1 saturated heterocycles. The van der Waals surface area contributed by atoms with E-state index in [1.165, 1.54) is 0 Å². The van der Waals surface area contributed by atoms with Crippen LogP contribution in [0.15, 0.2) is 33.4 Å². The molecule has 8 heteroatoms. The lowest BCUT2D eigenvalue weighted by atomic mass is 9.97. The van der Waals surface area contributed by atoms with E-state index in [1.807, 2.05) is 0 Å². The summed E-state index contributed by atoms with van der Waals surface area (Å²) in [5.41, 5.74) is 1.82. The standard InChI is InChI=1S/C20H21N3O5/c1-3-26-20(25)13-6-4-8-23(11-13)19(24)14-10-15(16-7-5-9-27-16)21-18-17(14)12(2)22-28-18/h5,7,9-10,13H,3-4,6,8,11H2,1-2H3. The Hall–Kier alpha value is -3.16. The molecule has 146 valence electrons. The van der Waals surface area contributed by atoms with Crippen LogP contribution < -0.4 is 0 Å². The van der Waals surface area contributed by atoms with E-state index in [0.717, 1.165) is 12.8 Å². The molecule has 0 bridgehead atoms. The molecule has 1 amide bonds. The van der Waals surface area contributed by atoms with Crippen LogP contribution in [0.5, 0.6) is 0 Å². The number of hydrogen-bond donors (Lipinski definition) is 0. The minimum absolute atomic E-state index is 0.180. The third kappa shape index (κ3) is 3.26. The number of hydrogen-bond acceptors (Lipinski definition) is 7. The number of rotatable bonds is 4. The number of carbonyl (C=O) groups is 2. The molecule has 8 nitrogen and oxygen atoms in total. The second-order valence-electron chi connectivity index (χ2n) is 6.82. The zero-order valence-electron chi connectivity index (χ0n) is 15.8. The summed E-state index contributed by atoms with van der Waals surface area (Å²) in [6.45, 7) is 4.80. The average molecular weight is 383 g/mol. The van der Waals surface area contributed by atoms with Crippen LogP contribution in [-0.2, 0) is 9.53 Å². The molecule has 0 spiro atoms. The number of likely N-dealkylation sites (tertiary alicyclic amines) is 1. The topological polar surface area (TPSA) is 98.7 Å². The molecule has 3 aromatic heterocycles. The Balaban J connectivity index is 1.70. The van der Waals surface area contributed by atoms with E-state index in [9.17, 15) is 9.59 Å². The molecule has 0 aliphatic carbocycles. The van der Waals surface area contributed by atoms with Crippen molar-refractivity contribution in [3.05, 3.63) is 35.7 Å². The third-order valence-corrected chi connectivity index (χ3v) is 4.95. The van der Waals surface area contributed by atoms with Gasteiger partial charge in [-0.1, -0.05) is 5.16 Å². The molecule has 1 atom stereocenters. The molecule has 1 fully saturated rings. The van der Waals surface area contributed by atoms with Gasteiger partial charge in [-0.15, -0.1) is 0 Å². The van der Waals surface area contributed by atoms with Crippen molar-refractivity contribution in [2.75, 3.05) is 19.7 Å². The highest BCUT2D eigenvalue weighted by Crippen LogP contribution is 2.29. The first-order valence-electron chi connectivity index (χ1n) is 9.35. The number of esters is 1. The maximum Gasteiger partial charge on any atom is 0.310 e. The minimum atomic E-state index is -0.303. The predicted octanol–water partition coefficient (Wildman–Crippen LogP) is 3.21. The number of furan rings is 1. The number of aromatic nitrogens is 2. The second-order valence-corrected chi connectivity index (χ2v) is 6.82. The Morgan fingerprint density at radius 2 is 2.25 bits per heavy atom. The summed E-state index contributed by atoms with van der Waals surface area (Å²) in [6, 6.07) is 5.22. The Morgan fingerprint density at radius 1 is 1.39 bits per heavy atom. The molecule has 1 aliphatic rings. The van der Waals surface area contributed by atoms with Crippen molar-refractivity contribution in [3.63, 3.8) is 0 Å². The maximum absolute atomic E-state index is 13.4. The van der Waals surface area contributed by atoms with Crippen LogP contribution in [0, 0.1) is 12.8 Å². The van der Waals surface area contributed by atoms with Gasteiger partial charge in [0.2, 0.25) is 0 Å². The van der Waals surface area contributed by atoms with Gasteiger partial charge < -0.3 is 18.6 Å². The van der Waals surface area contributed by atoms with Crippen LogP contribution in [0.2, 0.25) is 0 Å². The average Bonchev–Trinajstić information content (AvgIpc) is 3.37. The first kappa shape index (κ1) is 18.2. The van der Waals surface area contributed by atoms with Crippen LogP contribution >= 0.6 is 0 Å². The first-order chi connectivity index (χ1) is 13.6. The highest BCUT2D eigenvalue weighted by Gasteiger charge is 2.31. The van der Waals surface area contributed by atoms with Gasteiger partial charge in [0, 0.05) is 13.1 Å². The lowest BCUT2D eigenvalue weighted by Gasteiger charge is -2.31. The van der Waals surface area contributed by atoms with Crippen molar-refractivity contribution in [1.29, 1.82) is 0 Å². The number of amides is 1. The summed E-state index contributed by atoms with van der Waals surface area (Å²) < 4.78 is 15.9. The maximum atomic E-state index is 13.4. The summed E-state index contributed by atoms with van der Waals surface area (Å²) in [4.78, 5) is 31.6. The van der Waals surface area contributed by atoms with E-state index in [1.54, 1.807) is 43.2 Å². The fourth-order valence-corrected chi connectivity index (χ4v) is 3.60. The van der Waals surface area contributed by atoms with Crippen LogP contribution in [-0.4, -0.2) is 46.6 Å². The fraction of sp³-hybridized carbons (Fsp3) is 0.400. The Kier molecular flexibility index (Phi) is 4.85. The zero-order valence-corrected chi connectivity index (χ0v) is 15.8. The molecule has 1 unspecified atom stereocenters. The largest absolute Gasteiger partial charge is 0.466 e. The zero-order chi connectivity index (χ0) is 19.7. The van der Waals surface area contributed by atoms with Gasteiger partial charge in [-0.25, -0.2) is 4.98 Å². The van der Waals surface area contributed by atoms with Crippen molar-refractivity contribution >= 4 is 23.0 Å². The van der Waals surface area contributed by atoms with Gasteiger partial charge in [-0.2, -0.15) is 0 Å². The van der Waals surface area contributed by atoms with E-state index in [0.29, 0.717) is 47.8 Å². The van der Waals surface area contributed by atoms with Crippen molar-refractivity contribution in [3.8, 4) is 11.5 Å². The van der Waals surface area contributed by atoms with Crippen LogP contribution in [0.3, 0.4) is 0 Å². The summed E-state index contributed by atoms with van der Waals surface area (Å²) >= 11 is 0. The smallest absolute Gasteiger partial charge is 0.310 e. The van der Waals surface area contributed by atoms with Crippen molar-refractivity contribution in [2.45, 2.75) is 26.7 Å². The van der Waals surface area contributed by atoms with Gasteiger partial charge in [0.1, 0.15) is 5.69 Å². The lowest BCUT2D eigenvalue weighted by Crippen LogP contribution is -2.42. The van der Waals surface area contributed by atoms with Crippen molar-refractivity contribution in [1.82, 2.24) is 15.0 Å². The monoisotopic (exact) mass is 383 g/mol. The van der Waals surface area contributed by atoms with Gasteiger partial charge in [-0.05, 0) is 44.9 Å². The Labute approximate surface area is 161 Å². The molecule has 0 N–H and O–H groups in total. The number of piperidine rings is 1. The van der Waals surface area contributed by atoms with E-state index in [-0.39, 0.29) is 23.5 Å². The molecule has 0 aromatic carbocycles. The SMILES string of the molecule is CCOC(=O)C1CCCN(C(=O)c2cc(-c3ccco3)nc3onc(C)c23)C1. The van der Waals surface area contributed by atoms with Crippen molar-refractivity contribution in [2.24, 2.45) is 5.92 Å². The molecule has 4 rings (SSSR count). The molecule has 0 radical (unpaired) electrons. The molecular formula is C20H21N3O5. The van der Waals surface area contributed by atoms with Gasteiger partial charge >= 0.3 is 5.97 Å². The van der Waals surface area contributed by atoms with Crippen LogP contribution in [0.25, 0.3) is 22.6 Å². The number of nitrogens with zero attached hydrogens (tertiary/aromatic N) is 3. The van der Waals surface area contributed by atoms with Gasteiger partial charge in [0.15, 0.2) is 5.76 Å². The van der Waals surface area contributed by atoms with Crippen molar-refractivity contribution < 1.29 is 23.3 Å². The van der Waals surface area contributed by atoms with Crippen LogP contribution in [0.4, 0.5) is 0 Å². The molecular weight excluding hydrogens is 362 g/mol. The second kappa shape index (κ2) is 7.46. The van der Waals surface area contributed by atoms with Gasteiger partial charge in [0.25, 0.3) is 11.6 Å². The Bertz CT molecular complexity index is 1010. The lowest BCUT2D eigenvalue weighted by molar-refractivity contribution is -0.149. The molecule has 1 aliphatic heterocycles. The summed E-state index contributed by atoms with van der Waals surface area (Å²) in [7, 11) is 0. The van der Waals surface area contributed by atoms with E-state index in [2.05, 4.69) is 10.1 Å². The van der Waals surface area contributed by atoms with E-state index >= 15 is 0 Å². The normalized spacial score (nSPS) is 17.1. The minimum Gasteiger partial charge on any atom is -0.466 e. The highest BCUT2D eigenvalue weighted by atomic mass is 16.5. The number of aryl methyl sites for hydroxylation is 1. The number of pyridine rings is 1. The van der Waals surface area contributed by atoms with E-state index < -0.39 is 0 Å². The number of fused-ring (bicyclic) bond motifs is 1. The first-order valence-corrected chi connectivity index (χ1v) is 9.35. The summed E-state index contributed by atoms with van der Waals surface area (Å²) in [5, 5.41) is 4.54. The number of carbonyl (C=O) groups excluding carboxylic acids is 2. The van der Waals surface area contributed by atoms with Crippen LogP contribution in [0.1, 0.15) is 35.8 Å². The molecule has 3 aromatic rings. The quantitative estimate of drug-likeness (QED) is 0.638. The van der Waals surface area contributed by atoms with Gasteiger partial charge in [-0.3, -0.25) is 9.59 Å². The van der Waals surface area contributed by atoms with Gasteiger partial charge in [0.05, 0.1) is 35.4 Å². The summed E-state index contributed by atoms with van der Waals surface area (Å²) in [5.74, 6) is -0.200. The predicted molar refractivity (Wildman–Crippen MR) is 99.5 cm³/mol. The molecule has 0 saturated carbocycles. The van der Waals surface area contributed by atoms with E-state index in [4.69, 9.17) is 13.7 Å². The fourth-order valence-electron chi connectivity index (χ4n) is 3.60. The number of ether oxygens (including phenoxy) is 1. The highest BCUT2D eigenvalue weighted by molar-refractivity contribution is 6.07. The molecule has 28 heavy (non-hydrogen) atoms. The Morgan fingerprint density at radius 3 is 3.00 bits per heavy atom. The summed E-state index contributed by atoms with van der Waals surface area (Å²) in [6.07, 6.45) is 3.01. The third-order valence-electron chi connectivity index (χ3n) is 4.95.